The van der Waals surface area contributed by atoms with Gasteiger partial charge in [-0.25, -0.2) is 14.6 Å². The number of esters is 2. The molecule has 0 radical (unpaired) electrons. The molecule has 0 N–H and O–H groups in total. The number of furan rings is 1. The van der Waals surface area contributed by atoms with Gasteiger partial charge in [-0.15, -0.1) is 0 Å². The molecule has 0 unspecified atom stereocenters. The number of aromatic nitrogens is 1. The summed E-state index contributed by atoms with van der Waals surface area (Å²) < 4.78 is 23.7. The third kappa shape index (κ3) is 4.77. The van der Waals surface area contributed by atoms with Crippen molar-refractivity contribution in [3.8, 4) is 17.1 Å². The Morgan fingerprint density at radius 2 is 1.80 bits per heavy atom. The van der Waals surface area contributed by atoms with Crippen LogP contribution in [0.5, 0.6) is 5.75 Å². The van der Waals surface area contributed by atoms with Crippen LogP contribution in [0.1, 0.15) is 41.6 Å². The molecule has 3 heterocycles. The summed E-state index contributed by atoms with van der Waals surface area (Å²) in [6.45, 7) is 3.63. The Balaban J connectivity index is 1.65. The molecule has 40 heavy (non-hydrogen) atoms. The topological polar surface area (TPSA) is 109 Å². The smallest absolute Gasteiger partial charge is 0.338 e. The van der Waals surface area contributed by atoms with Crippen molar-refractivity contribution in [1.82, 2.24) is 4.57 Å². The predicted molar refractivity (Wildman–Crippen MR) is 149 cm³/mol. The Bertz CT molecular complexity index is 1830. The fourth-order valence-electron chi connectivity index (χ4n) is 4.67. The number of hydrogen-bond acceptors (Lipinski definition) is 9. The summed E-state index contributed by atoms with van der Waals surface area (Å²) in [7, 11) is 2.86. The molecule has 4 aromatic rings. The zero-order valence-corrected chi connectivity index (χ0v) is 23.1. The molecule has 0 aliphatic carbocycles. The van der Waals surface area contributed by atoms with Crippen molar-refractivity contribution >= 4 is 29.4 Å². The molecule has 0 bridgehead atoms. The third-order valence-corrected chi connectivity index (χ3v) is 7.43. The van der Waals surface area contributed by atoms with E-state index in [-0.39, 0.29) is 17.7 Å². The molecule has 1 atom stereocenters. The van der Waals surface area contributed by atoms with Crippen molar-refractivity contribution in [1.29, 1.82) is 0 Å². The van der Waals surface area contributed by atoms with Crippen LogP contribution >= 0.6 is 11.3 Å². The van der Waals surface area contributed by atoms with E-state index in [1.165, 1.54) is 30.1 Å². The SMILES string of the molecule is CCOC(=O)C1=C(C)N=c2s/c(=C/c3ccc(-c4ccccc4C(=O)OC)o3)c(=O)n2[C@@H]1c1ccccc1OC. The molecule has 2 aromatic heterocycles. The zero-order valence-electron chi connectivity index (χ0n) is 22.3. The first kappa shape index (κ1) is 26.9. The van der Waals surface area contributed by atoms with Gasteiger partial charge in [-0.3, -0.25) is 9.36 Å². The number of methoxy groups -OCH3 is 2. The average Bonchev–Trinajstić information content (AvgIpc) is 3.56. The summed E-state index contributed by atoms with van der Waals surface area (Å²) in [6.07, 6.45) is 1.62. The van der Waals surface area contributed by atoms with Crippen molar-refractivity contribution in [2.24, 2.45) is 4.99 Å². The van der Waals surface area contributed by atoms with E-state index in [2.05, 4.69) is 4.99 Å². The summed E-state index contributed by atoms with van der Waals surface area (Å²) >= 11 is 1.18. The fourth-order valence-corrected chi connectivity index (χ4v) is 5.70. The molecule has 1 aliphatic rings. The molecular weight excluding hydrogens is 532 g/mol. The van der Waals surface area contributed by atoms with E-state index >= 15 is 0 Å². The molecule has 5 rings (SSSR count). The fraction of sp³-hybridized carbons (Fsp3) is 0.200. The Morgan fingerprint density at radius 3 is 2.55 bits per heavy atom. The number of hydrogen-bond donors (Lipinski definition) is 0. The quantitative estimate of drug-likeness (QED) is 0.317. The minimum Gasteiger partial charge on any atom is -0.496 e. The lowest BCUT2D eigenvalue weighted by Gasteiger charge is -2.25. The number of thiazole rings is 1. The summed E-state index contributed by atoms with van der Waals surface area (Å²) in [5, 5.41) is 0. The Morgan fingerprint density at radius 1 is 1.05 bits per heavy atom. The first-order valence-corrected chi connectivity index (χ1v) is 13.3. The number of nitrogens with zero attached hydrogens (tertiary/aromatic N) is 2. The Labute approximate surface area is 233 Å². The second-order valence-electron chi connectivity index (χ2n) is 8.78. The molecule has 0 fully saturated rings. The largest absolute Gasteiger partial charge is 0.496 e. The first-order valence-electron chi connectivity index (χ1n) is 12.5. The second-order valence-corrected chi connectivity index (χ2v) is 9.79. The van der Waals surface area contributed by atoms with Crippen molar-refractivity contribution in [3.63, 3.8) is 0 Å². The third-order valence-electron chi connectivity index (χ3n) is 6.45. The van der Waals surface area contributed by atoms with Gasteiger partial charge in [0, 0.05) is 17.2 Å². The average molecular weight is 559 g/mol. The van der Waals surface area contributed by atoms with E-state index < -0.39 is 18.0 Å². The number of allylic oxidation sites excluding steroid dienone is 1. The normalized spacial score (nSPS) is 14.9. The summed E-state index contributed by atoms with van der Waals surface area (Å²) in [5.74, 6) is 0.362. The molecular formula is C30H26N2O7S. The molecule has 0 spiro atoms. The molecule has 9 nitrogen and oxygen atoms in total. The number of rotatable bonds is 7. The highest BCUT2D eigenvalue weighted by Gasteiger charge is 2.35. The maximum atomic E-state index is 13.9. The minimum absolute atomic E-state index is 0.179. The monoisotopic (exact) mass is 558 g/mol. The van der Waals surface area contributed by atoms with Crippen molar-refractivity contribution in [3.05, 3.63) is 109 Å². The van der Waals surface area contributed by atoms with E-state index in [0.717, 1.165) is 0 Å². The Kier molecular flexibility index (Phi) is 7.52. The van der Waals surface area contributed by atoms with Crippen LogP contribution in [-0.4, -0.2) is 37.3 Å². The zero-order chi connectivity index (χ0) is 28.4. The van der Waals surface area contributed by atoms with E-state index in [9.17, 15) is 14.4 Å². The lowest BCUT2D eigenvalue weighted by Crippen LogP contribution is -2.40. The van der Waals surface area contributed by atoms with Crippen LogP contribution in [0.4, 0.5) is 0 Å². The van der Waals surface area contributed by atoms with Crippen LogP contribution in [0, 0.1) is 0 Å². The highest BCUT2D eigenvalue weighted by molar-refractivity contribution is 7.07. The maximum Gasteiger partial charge on any atom is 0.338 e. The van der Waals surface area contributed by atoms with Crippen LogP contribution < -0.4 is 19.6 Å². The van der Waals surface area contributed by atoms with Crippen LogP contribution in [-0.2, 0) is 14.3 Å². The van der Waals surface area contributed by atoms with Crippen LogP contribution in [0.25, 0.3) is 17.4 Å². The van der Waals surface area contributed by atoms with Gasteiger partial charge in [-0.05, 0) is 38.1 Å². The van der Waals surface area contributed by atoms with Gasteiger partial charge in [0.2, 0.25) is 0 Å². The van der Waals surface area contributed by atoms with Crippen molar-refractivity contribution < 1.29 is 28.2 Å². The standard InChI is InChI=1S/C30H26N2O7S/c1-5-38-29(35)25-17(2)31-30-32(26(25)21-12-8-9-13-22(21)36-3)27(33)24(40-30)16-18-14-15-23(39-18)19-10-6-7-11-20(19)28(34)37-4/h6-16,26H,5H2,1-4H3/b24-16+/t26-/m1/s1. The predicted octanol–water partition coefficient (Wildman–Crippen LogP) is 3.85. The number of fused-ring (bicyclic) bond motifs is 1. The lowest BCUT2D eigenvalue weighted by molar-refractivity contribution is -0.139. The van der Waals surface area contributed by atoms with Gasteiger partial charge in [0.1, 0.15) is 23.3 Å². The van der Waals surface area contributed by atoms with Gasteiger partial charge >= 0.3 is 11.9 Å². The second kappa shape index (κ2) is 11.2. The molecule has 0 saturated heterocycles. The van der Waals surface area contributed by atoms with Crippen molar-refractivity contribution in [2.75, 3.05) is 20.8 Å². The minimum atomic E-state index is -0.798. The number of ether oxygens (including phenoxy) is 3. The number of carbonyl (C=O) groups is 2. The summed E-state index contributed by atoms with van der Waals surface area (Å²) in [4.78, 5) is 44.2. The van der Waals surface area contributed by atoms with Gasteiger partial charge in [-0.1, -0.05) is 47.7 Å². The molecule has 10 heteroatoms. The van der Waals surface area contributed by atoms with Crippen LogP contribution in [0.3, 0.4) is 0 Å². The Hall–Kier alpha value is -4.70. The van der Waals surface area contributed by atoms with Crippen molar-refractivity contribution in [2.45, 2.75) is 19.9 Å². The highest BCUT2D eigenvalue weighted by Crippen LogP contribution is 2.35. The van der Waals surface area contributed by atoms with Gasteiger partial charge in [0.25, 0.3) is 5.56 Å². The van der Waals surface area contributed by atoms with Gasteiger partial charge < -0.3 is 18.6 Å². The van der Waals surface area contributed by atoms with E-state index in [1.54, 1.807) is 62.4 Å². The van der Waals surface area contributed by atoms with E-state index in [0.29, 0.717) is 49.0 Å². The molecule has 0 amide bonds. The molecule has 204 valence electrons. The number of benzene rings is 2. The summed E-state index contributed by atoms with van der Waals surface area (Å²) in [6, 6.07) is 16.8. The van der Waals surface area contributed by atoms with Gasteiger partial charge in [0.05, 0.1) is 42.2 Å². The first-order chi connectivity index (χ1) is 19.4. The van der Waals surface area contributed by atoms with Gasteiger partial charge in [-0.2, -0.15) is 0 Å². The lowest BCUT2D eigenvalue weighted by atomic mass is 9.95. The van der Waals surface area contributed by atoms with E-state index in [4.69, 9.17) is 18.6 Å². The van der Waals surface area contributed by atoms with E-state index in [1.807, 2.05) is 18.2 Å². The molecule has 0 saturated carbocycles. The summed E-state index contributed by atoms with van der Waals surface area (Å²) in [5.41, 5.74) is 1.95. The molecule has 2 aromatic carbocycles. The number of carbonyl (C=O) groups excluding carboxylic acids is 2. The highest BCUT2D eigenvalue weighted by atomic mass is 32.1. The molecule has 1 aliphatic heterocycles. The van der Waals surface area contributed by atoms with Crippen LogP contribution in [0.2, 0.25) is 0 Å². The van der Waals surface area contributed by atoms with Crippen LogP contribution in [0.15, 0.2) is 86.1 Å². The maximum absolute atomic E-state index is 13.9. The number of para-hydroxylation sites is 1. The van der Waals surface area contributed by atoms with Gasteiger partial charge in [0.15, 0.2) is 4.80 Å².